The van der Waals surface area contributed by atoms with Crippen molar-refractivity contribution in [3.05, 3.63) is 77.9 Å². The molecule has 2 aromatic carbocycles. The molecule has 0 bridgehead atoms. The Morgan fingerprint density at radius 1 is 0.911 bits per heavy atom. The highest BCUT2D eigenvalue weighted by Gasteiger charge is 2.58. The third-order valence-corrected chi connectivity index (χ3v) is 9.94. The lowest BCUT2D eigenvalue weighted by Crippen LogP contribution is -2.74. The molecule has 1 aliphatic carbocycles. The van der Waals surface area contributed by atoms with Gasteiger partial charge in [0.05, 0.1) is 12.1 Å². The SMILES string of the molecule is CC(=O)CC[C@@H](C(=O)N1CCN(C2CCCCC2)CC1)N1C(=O)[C@@H](N2C(=O)OC[C@@H]2c2ccccc2)[C@H]1/C=C/c1ccccc1. The molecule has 9 heteroatoms. The summed E-state index contributed by atoms with van der Waals surface area (Å²) >= 11 is 0. The minimum absolute atomic E-state index is 0.0249. The summed E-state index contributed by atoms with van der Waals surface area (Å²) in [6.45, 7) is 4.53. The predicted molar refractivity (Wildman–Crippen MR) is 171 cm³/mol. The van der Waals surface area contributed by atoms with E-state index < -0.39 is 30.3 Å². The van der Waals surface area contributed by atoms with Gasteiger partial charge in [-0.3, -0.25) is 19.4 Å². The van der Waals surface area contributed by atoms with Gasteiger partial charge in [-0.05, 0) is 37.3 Å². The molecule has 3 heterocycles. The van der Waals surface area contributed by atoms with E-state index in [0.717, 1.165) is 24.2 Å². The fourth-order valence-electron chi connectivity index (χ4n) is 7.49. The average Bonchev–Trinajstić information content (AvgIpc) is 3.45. The van der Waals surface area contributed by atoms with Crippen molar-refractivity contribution in [1.29, 1.82) is 0 Å². The molecule has 4 aliphatic rings. The van der Waals surface area contributed by atoms with Crippen LogP contribution in [0.15, 0.2) is 66.7 Å². The number of nitrogens with zero attached hydrogens (tertiary/aromatic N) is 4. The van der Waals surface area contributed by atoms with Crippen LogP contribution >= 0.6 is 0 Å². The first-order valence-corrected chi connectivity index (χ1v) is 16.5. The van der Waals surface area contributed by atoms with Gasteiger partial charge in [0.15, 0.2) is 0 Å². The van der Waals surface area contributed by atoms with Crippen molar-refractivity contribution in [3.63, 3.8) is 0 Å². The van der Waals surface area contributed by atoms with E-state index in [-0.39, 0.29) is 37.0 Å². The van der Waals surface area contributed by atoms with Gasteiger partial charge in [0.2, 0.25) is 11.8 Å². The zero-order valence-corrected chi connectivity index (χ0v) is 26.1. The predicted octanol–water partition coefficient (Wildman–Crippen LogP) is 4.69. The summed E-state index contributed by atoms with van der Waals surface area (Å²) in [6.07, 6.45) is 10.0. The summed E-state index contributed by atoms with van der Waals surface area (Å²) in [6, 6.07) is 17.4. The maximum absolute atomic E-state index is 14.2. The van der Waals surface area contributed by atoms with Crippen LogP contribution < -0.4 is 0 Å². The lowest BCUT2D eigenvalue weighted by Gasteiger charge is -2.53. The lowest BCUT2D eigenvalue weighted by atomic mass is 9.87. The number of ether oxygens (including phenoxy) is 1. The quantitative estimate of drug-likeness (QED) is 0.362. The van der Waals surface area contributed by atoms with Gasteiger partial charge in [-0.1, -0.05) is 92.1 Å². The Morgan fingerprint density at radius 3 is 2.24 bits per heavy atom. The van der Waals surface area contributed by atoms with Gasteiger partial charge in [-0.15, -0.1) is 0 Å². The van der Waals surface area contributed by atoms with E-state index in [2.05, 4.69) is 4.90 Å². The fourth-order valence-corrected chi connectivity index (χ4v) is 7.49. The van der Waals surface area contributed by atoms with Crippen LogP contribution in [-0.4, -0.2) is 100 Å². The standard InChI is InChI=1S/C36H44N4O5/c1-26(41)17-19-31(34(42)38-23-21-37(22-24-38)29-15-9-4-10-16-29)39-30(20-18-27-11-5-2-6-12-27)33(35(39)43)40-32(25-45-36(40)44)28-13-7-3-8-14-28/h2-3,5-8,11-14,18,20,29-33H,4,9-10,15-17,19,21-25H2,1H3/b20-18+/t30-,31+,32-,33+/m1/s1. The minimum atomic E-state index is -0.819. The number of hydrogen-bond acceptors (Lipinski definition) is 6. The molecule has 3 aliphatic heterocycles. The molecule has 4 atom stereocenters. The Balaban J connectivity index is 1.27. The van der Waals surface area contributed by atoms with E-state index in [0.29, 0.717) is 19.1 Å². The molecule has 3 saturated heterocycles. The maximum Gasteiger partial charge on any atom is 0.411 e. The zero-order valence-electron chi connectivity index (χ0n) is 26.1. The molecule has 6 rings (SSSR count). The van der Waals surface area contributed by atoms with Gasteiger partial charge < -0.3 is 19.3 Å². The second kappa shape index (κ2) is 14.0. The van der Waals surface area contributed by atoms with Crippen molar-refractivity contribution in [3.8, 4) is 0 Å². The number of benzene rings is 2. The van der Waals surface area contributed by atoms with Crippen LogP contribution in [0.3, 0.4) is 0 Å². The number of amides is 3. The van der Waals surface area contributed by atoms with Crippen molar-refractivity contribution in [2.45, 2.75) is 82.1 Å². The number of carbonyl (C=O) groups is 4. The first-order valence-electron chi connectivity index (χ1n) is 16.5. The monoisotopic (exact) mass is 612 g/mol. The Hall–Kier alpha value is -3.98. The van der Waals surface area contributed by atoms with Crippen LogP contribution in [-0.2, 0) is 19.1 Å². The second-order valence-electron chi connectivity index (χ2n) is 12.8. The third kappa shape index (κ3) is 6.69. The fraction of sp³-hybridized carbons (Fsp3) is 0.500. The van der Waals surface area contributed by atoms with Crippen LogP contribution in [0.2, 0.25) is 0 Å². The molecule has 3 amide bonds. The van der Waals surface area contributed by atoms with Crippen LogP contribution in [0.5, 0.6) is 0 Å². The molecule has 0 N–H and O–H groups in total. The number of rotatable bonds is 10. The van der Waals surface area contributed by atoms with Gasteiger partial charge in [-0.2, -0.15) is 0 Å². The molecule has 0 radical (unpaired) electrons. The van der Waals surface area contributed by atoms with Gasteiger partial charge in [0, 0.05) is 38.6 Å². The highest BCUT2D eigenvalue weighted by Crippen LogP contribution is 2.39. The topological polar surface area (TPSA) is 90.5 Å². The molecule has 2 aromatic rings. The first kappa shape index (κ1) is 31.0. The smallest absolute Gasteiger partial charge is 0.411 e. The average molecular weight is 613 g/mol. The number of β-lactam (4-membered cyclic amide) rings is 1. The van der Waals surface area contributed by atoms with Gasteiger partial charge >= 0.3 is 6.09 Å². The summed E-state index contributed by atoms with van der Waals surface area (Å²) in [5.74, 6) is -0.434. The molecule has 0 spiro atoms. The number of hydrogen-bond donors (Lipinski definition) is 0. The van der Waals surface area contributed by atoms with Crippen molar-refractivity contribution in [1.82, 2.24) is 19.6 Å². The Bertz CT molecular complexity index is 1380. The molecule has 9 nitrogen and oxygen atoms in total. The molecule has 45 heavy (non-hydrogen) atoms. The van der Waals surface area contributed by atoms with Crippen molar-refractivity contribution < 1.29 is 23.9 Å². The second-order valence-corrected chi connectivity index (χ2v) is 12.8. The number of Topliss-reactive ketones (excluding diaryl/α,β-unsaturated/α-hetero) is 1. The maximum atomic E-state index is 14.2. The number of ketones is 1. The van der Waals surface area contributed by atoms with Crippen LogP contribution in [0.25, 0.3) is 6.08 Å². The number of likely N-dealkylation sites (tertiary alicyclic amines) is 1. The van der Waals surface area contributed by atoms with Crippen LogP contribution in [0.4, 0.5) is 4.79 Å². The van der Waals surface area contributed by atoms with Crippen LogP contribution in [0.1, 0.15) is 69.0 Å². The summed E-state index contributed by atoms with van der Waals surface area (Å²) in [5, 5.41) is 0. The Morgan fingerprint density at radius 2 is 1.58 bits per heavy atom. The molecular weight excluding hydrogens is 568 g/mol. The van der Waals surface area contributed by atoms with Crippen molar-refractivity contribution >= 4 is 29.8 Å². The minimum Gasteiger partial charge on any atom is -0.447 e. The molecule has 0 aromatic heterocycles. The molecule has 0 unspecified atom stereocenters. The largest absolute Gasteiger partial charge is 0.447 e. The van der Waals surface area contributed by atoms with Crippen LogP contribution in [0, 0.1) is 0 Å². The van der Waals surface area contributed by atoms with Crippen molar-refractivity contribution in [2.75, 3.05) is 32.8 Å². The lowest BCUT2D eigenvalue weighted by molar-refractivity contribution is -0.166. The van der Waals surface area contributed by atoms with E-state index in [4.69, 9.17) is 4.74 Å². The molecular formula is C36H44N4O5. The van der Waals surface area contributed by atoms with E-state index in [1.807, 2.05) is 77.7 Å². The molecule has 4 fully saturated rings. The van der Waals surface area contributed by atoms with Gasteiger partial charge in [0.1, 0.15) is 24.5 Å². The molecule has 238 valence electrons. The van der Waals surface area contributed by atoms with E-state index >= 15 is 0 Å². The zero-order chi connectivity index (χ0) is 31.3. The number of piperazine rings is 1. The Labute approximate surface area is 265 Å². The third-order valence-electron chi connectivity index (χ3n) is 9.94. The van der Waals surface area contributed by atoms with Crippen molar-refractivity contribution in [2.24, 2.45) is 0 Å². The summed E-state index contributed by atoms with van der Waals surface area (Å²) in [5.41, 5.74) is 1.84. The van der Waals surface area contributed by atoms with Gasteiger partial charge in [0.25, 0.3) is 0 Å². The number of carbonyl (C=O) groups excluding carboxylic acids is 4. The Kier molecular flexibility index (Phi) is 9.64. The highest BCUT2D eigenvalue weighted by molar-refractivity contribution is 5.98. The number of cyclic esters (lactones) is 1. The van der Waals surface area contributed by atoms with E-state index in [1.54, 1.807) is 9.80 Å². The van der Waals surface area contributed by atoms with E-state index in [1.165, 1.54) is 39.0 Å². The van der Waals surface area contributed by atoms with E-state index in [9.17, 15) is 19.2 Å². The summed E-state index contributed by atoms with van der Waals surface area (Å²) in [4.78, 5) is 61.4. The molecule has 1 saturated carbocycles. The summed E-state index contributed by atoms with van der Waals surface area (Å²) in [7, 11) is 0. The van der Waals surface area contributed by atoms with Gasteiger partial charge in [-0.25, -0.2) is 4.79 Å². The first-order chi connectivity index (χ1) is 21.9. The normalized spacial score (nSPS) is 25.4. The highest BCUT2D eigenvalue weighted by atomic mass is 16.6. The summed E-state index contributed by atoms with van der Waals surface area (Å²) < 4.78 is 5.49.